The number of rotatable bonds is 4. The molecule has 7 nitrogen and oxygen atoms in total. The van der Waals surface area contributed by atoms with E-state index in [1.165, 1.54) is 0 Å². The minimum absolute atomic E-state index is 0.0276. The Morgan fingerprint density at radius 3 is 1.84 bits per heavy atom. The lowest BCUT2D eigenvalue weighted by molar-refractivity contribution is -0.385. The molecule has 0 saturated carbocycles. The first-order valence-corrected chi connectivity index (χ1v) is 15.2. The zero-order chi connectivity index (χ0) is 31.8. The molecule has 0 radical (unpaired) electrons. The summed E-state index contributed by atoms with van der Waals surface area (Å²) in [6, 6.07) is 5.44. The van der Waals surface area contributed by atoms with Crippen LogP contribution in [0.4, 0.5) is 18.9 Å². The van der Waals surface area contributed by atoms with Crippen molar-refractivity contribution in [3.8, 4) is 11.5 Å². The van der Waals surface area contributed by atoms with E-state index in [0.717, 1.165) is 17.5 Å². The third-order valence-electron chi connectivity index (χ3n) is 8.23. The van der Waals surface area contributed by atoms with E-state index in [2.05, 4.69) is 59.6 Å². The molecule has 0 saturated heterocycles. The van der Waals surface area contributed by atoms with E-state index in [4.69, 9.17) is 4.74 Å². The number of ether oxygens (including phenoxy) is 1. The van der Waals surface area contributed by atoms with Crippen LogP contribution in [0.15, 0.2) is 61.8 Å². The van der Waals surface area contributed by atoms with Crippen LogP contribution in [0.3, 0.4) is 0 Å². The monoisotopic (exact) mass is 724 g/mol. The van der Waals surface area contributed by atoms with Crippen LogP contribution in [-0.4, -0.2) is 28.4 Å². The number of carbonyl (C=O) groups is 2. The van der Waals surface area contributed by atoms with Gasteiger partial charge in [-0.1, -0.05) is 27.7 Å². The van der Waals surface area contributed by atoms with Gasteiger partial charge in [0.2, 0.25) is 5.75 Å². The molecule has 0 amide bonds. The number of allylic oxidation sites excluding steroid dienone is 4. The number of halogens is 5. The second-order valence-corrected chi connectivity index (χ2v) is 14.7. The molecule has 0 bridgehead atoms. The highest BCUT2D eigenvalue weighted by Crippen LogP contribution is 2.55. The third-order valence-corrected chi connectivity index (χ3v) is 9.41. The summed E-state index contributed by atoms with van der Waals surface area (Å²) >= 11 is 6.93. The summed E-state index contributed by atoms with van der Waals surface area (Å²) in [6.45, 7) is 8.21. The van der Waals surface area contributed by atoms with Crippen molar-refractivity contribution >= 4 is 49.1 Å². The first kappa shape index (κ1) is 31.4. The Kier molecular flexibility index (Phi) is 7.73. The molecule has 0 aromatic heterocycles. The van der Waals surface area contributed by atoms with Crippen molar-refractivity contribution in [3.63, 3.8) is 0 Å². The molecule has 43 heavy (non-hydrogen) atoms. The zero-order valence-corrected chi connectivity index (χ0v) is 27.3. The second-order valence-electron chi connectivity index (χ2n) is 12.9. The molecule has 1 heterocycles. The molecule has 0 fully saturated rings. The minimum atomic E-state index is -4.77. The topological polar surface area (TPSA) is 89.8 Å². The van der Waals surface area contributed by atoms with E-state index in [0.29, 0.717) is 63.5 Å². The smallest absolute Gasteiger partial charge is 0.416 e. The van der Waals surface area contributed by atoms with Crippen molar-refractivity contribution in [2.75, 3.05) is 7.05 Å². The number of benzene rings is 2. The Balaban J connectivity index is 1.64. The number of alkyl halides is 3. The number of ketones is 2. The fourth-order valence-electron chi connectivity index (χ4n) is 6.37. The molecular formula is C31H29Br2F3N2O5. The predicted molar refractivity (Wildman–Crippen MR) is 161 cm³/mol. The molecule has 12 heteroatoms. The number of Topliss-reactive ketones (excluding diaryl/α,β-unsaturated/α-hetero) is 2. The Morgan fingerprint density at radius 2 is 1.40 bits per heavy atom. The van der Waals surface area contributed by atoms with Crippen LogP contribution < -0.4 is 4.74 Å². The van der Waals surface area contributed by atoms with Crippen molar-refractivity contribution < 1.29 is 32.4 Å². The van der Waals surface area contributed by atoms with E-state index in [-0.39, 0.29) is 33.9 Å². The zero-order valence-electron chi connectivity index (χ0n) is 24.1. The van der Waals surface area contributed by atoms with Gasteiger partial charge in [0.05, 0.1) is 19.4 Å². The molecule has 2 aromatic rings. The van der Waals surface area contributed by atoms with Gasteiger partial charge in [-0.2, -0.15) is 13.2 Å². The van der Waals surface area contributed by atoms with E-state index in [1.807, 2.05) is 11.9 Å². The summed E-state index contributed by atoms with van der Waals surface area (Å²) in [5.41, 5.74) is 1.07. The van der Waals surface area contributed by atoms with Crippen LogP contribution in [-0.2, 0) is 15.8 Å². The largest absolute Gasteiger partial charge is 0.448 e. The molecule has 2 aromatic carbocycles. The average Bonchev–Trinajstić information content (AvgIpc) is 2.85. The fraction of sp³-hybridized carbons (Fsp3) is 0.419. The van der Waals surface area contributed by atoms with E-state index >= 15 is 0 Å². The third kappa shape index (κ3) is 5.80. The molecule has 2 aliphatic carbocycles. The van der Waals surface area contributed by atoms with Gasteiger partial charge in [0.15, 0.2) is 17.3 Å². The molecule has 0 unspecified atom stereocenters. The number of nitro benzene ring substituents is 1. The summed E-state index contributed by atoms with van der Waals surface area (Å²) in [4.78, 5) is 40.2. The SMILES string of the molecule is CN1C2=C(C(=O)CC(C)(C)C2)C(c2cc(Br)c(Oc3ccc(C(F)(F)F)cc3[N+](=O)[O-])c(Br)c2)C2=C1CC(C)(C)CC2=O. The van der Waals surface area contributed by atoms with Crippen LogP contribution in [0.5, 0.6) is 11.5 Å². The maximum atomic E-state index is 13.7. The Morgan fingerprint density at radius 1 is 0.907 bits per heavy atom. The van der Waals surface area contributed by atoms with Crippen LogP contribution in [0, 0.1) is 20.9 Å². The maximum absolute atomic E-state index is 13.7. The standard InChI is InChI=1S/C31H29Br2F3N2O5/c1-29(2)11-20-26(22(39)13-29)25(27-21(37(20)5)12-30(3,4)14-23(27)40)15-8-17(32)28(18(33)9-15)43-24-7-6-16(31(34,35)36)10-19(24)38(41)42/h6-10,25H,11-14H2,1-5H3. The van der Waals surface area contributed by atoms with Gasteiger partial charge >= 0.3 is 11.9 Å². The van der Waals surface area contributed by atoms with Crippen LogP contribution >= 0.6 is 31.9 Å². The highest BCUT2D eigenvalue weighted by Gasteiger charge is 2.48. The van der Waals surface area contributed by atoms with Gasteiger partial charge in [0, 0.05) is 54.4 Å². The summed E-state index contributed by atoms with van der Waals surface area (Å²) < 4.78 is 46.1. The molecule has 0 N–H and O–H groups in total. The normalized spacial score (nSPS) is 20.3. The predicted octanol–water partition coefficient (Wildman–Crippen LogP) is 9.25. The van der Waals surface area contributed by atoms with Gasteiger partial charge in [0.25, 0.3) is 0 Å². The van der Waals surface area contributed by atoms with Crippen molar-refractivity contribution in [2.45, 2.75) is 65.5 Å². The summed E-state index contributed by atoms with van der Waals surface area (Å²) in [6.07, 6.45) is -2.78. The molecule has 228 valence electrons. The maximum Gasteiger partial charge on any atom is 0.416 e. The van der Waals surface area contributed by atoms with Crippen molar-refractivity contribution in [1.29, 1.82) is 0 Å². The molecule has 0 spiro atoms. The van der Waals surface area contributed by atoms with Crippen LogP contribution in [0.25, 0.3) is 0 Å². The van der Waals surface area contributed by atoms with E-state index < -0.39 is 28.3 Å². The number of nitro groups is 1. The lowest BCUT2D eigenvalue weighted by Gasteiger charge is -2.48. The lowest BCUT2D eigenvalue weighted by atomic mass is 9.64. The van der Waals surface area contributed by atoms with Gasteiger partial charge in [-0.25, -0.2) is 0 Å². The molecule has 0 atom stereocenters. The van der Waals surface area contributed by atoms with E-state index in [1.54, 1.807) is 12.1 Å². The quantitative estimate of drug-likeness (QED) is 0.231. The number of hydrogen-bond acceptors (Lipinski definition) is 6. The second kappa shape index (κ2) is 10.6. The molecule has 5 rings (SSSR count). The van der Waals surface area contributed by atoms with Crippen molar-refractivity contribution in [3.05, 3.63) is 83.1 Å². The van der Waals surface area contributed by atoms with Gasteiger partial charge in [0.1, 0.15) is 0 Å². The lowest BCUT2D eigenvalue weighted by Crippen LogP contribution is -2.43. The molecular weight excluding hydrogens is 697 g/mol. The number of nitrogens with zero attached hydrogens (tertiary/aromatic N) is 2. The Labute approximate surface area is 263 Å². The fourth-order valence-corrected chi connectivity index (χ4v) is 7.76. The number of carbonyl (C=O) groups excluding carboxylic acids is 2. The average molecular weight is 726 g/mol. The van der Waals surface area contributed by atoms with Crippen LogP contribution in [0.2, 0.25) is 0 Å². The van der Waals surface area contributed by atoms with Gasteiger partial charge in [-0.3, -0.25) is 19.7 Å². The van der Waals surface area contributed by atoms with Crippen molar-refractivity contribution in [2.24, 2.45) is 10.8 Å². The highest BCUT2D eigenvalue weighted by molar-refractivity contribution is 9.11. The summed E-state index contributed by atoms with van der Waals surface area (Å²) in [5.74, 6) is -0.970. The van der Waals surface area contributed by atoms with Crippen molar-refractivity contribution in [1.82, 2.24) is 4.90 Å². The van der Waals surface area contributed by atoms with Gasteiger partial charge in [-0.15, -0.1) is 0 Å². The number of hydrogen-bond donors (Lipinski definition) is 0. The minimum Gasteiger partial charge on any atom is -0.448 e. The Bertz CT molecular complexity index is 1580. The molecule has 3 aliphatic rings. The van der Waals surface area contributed by atoms with Crippen LogP contribution in [0.1, 0.15) is 70.4 Å². The summed E-state index contributed by atoms with van der Waals surface area (Å²) in [5, 5.41) is 11.6. The van der Waals surface area contributed by atoms with Gasteiger partial charge in [-0.05, 0) is 85.4 Å². The first-order valence-electron chi connectivity index (χ1n) is 13.6. The first-order chi connectivity index (χ1) is 19.8. The summed E-state index contributed by atoms with van der Waals surface area (Å²) in [7, 11) is 1.92. The van der Waals surface area contributed by atoms with Gasteiger partial charge < -0.3 is 9.64 Å². The van der Waals surface area contributed by atoms with E-state index in [9.17, 15) is 32.9 Å². The molecule has 1 aliphatic heterocycles. The Hall–Kier alpha value is -2.99. The highest BCUT2D eigenvalue weighted by atomic mass is 79.9.